The molecule has 0 saturated heterocycles. The van der Waals surface area contributed by atoms with E-state index in [0.29, 0.717) is 5.56 Å². The van der Waals surface area contributed by atoms with Crippen molar-refractivity contribution in [2.24, 2.45) is 4.99 Å². The number of benzene rings is 1. The lowest BCUT2D eigenvalue weighted by Crippen LogP contribution is -1.93. The fraction of sp³-hybridized carbons (Fsp3) is 0.364. The zero-order valence-corrected chi connectivity index (χ0v) is 8.59. The number of hydrogen-bond donors (Lipinski definition) is 1. The van der Waals surface area contributed by atoms with Crippen LogP contribution in [0.2, 0.25) is 0 Å². The number of phenols is 1. The van der Waals surface area contributed by atoms with Crippen molar-refractivity contribution in [1.82, 2.24) is 0 Å². The summed E-state index contributed by atoms with van der Waals surface area (Å²) in [4.78, 5) is 13.4. The quantitative estimate of drug-likeness (QED) is 0.575. The first-order valence-corrected chi connectivity index (χ1v) is 4.40. The van der Waals surface area contributed by atoms with Gasteiger partial charge in [0.1, 0.15) is 5.75 Å². The lowest BCUT2D eigenvalue weighted by atomic mass is 9.99. The Morgan fingerprint density at radius 2 is 2.00 bits per heavy atom. The molecule has 0 fully saturated rings. The molecule has 3 heteroatoms. The smallest absolute Gasteiger partial charge is 0.235 e. The van der Waals surface area contributed by atoms with Gasteiger partial charge < -0.3 is 5.11 Å². The SMILES string of the molecule is Cc1cc(C)c(CN=C=O)c(O)c1C. The molecule has 0 heterocycles. The van der Waals surface area contributed by atoms with Gasteiger partial charge in [-0.25, -0.2) is 9.79 Å². The van der Waals surface area contributed by atoms with Crippen LogP contribution >= 0.6 is 0 Å². The van der Waals surface area contributed by atoms with E-state index in [0.717, 1.165) is 16.7 Å². The van der Waals surface area contributed by atoms with Crippen molar-refractivity contribution in [3.63, 3.8) is 0 Å². The molecule has 3 nitrogen and oxygen atoms in total. The van der Waals surface area contributed by atoms with E-state index in [2.05, 4.69) is 4.99 Å². The maximum atomic E-state index is 9.98. The van der Waals surface area contributed by atoms with Gasteiger partial charge in [-0.1, -0.05) is 6.07 Å². The molecule has 0 aliphatic carbocycles. The third-order valence-electron chi connectivity index (χ3n) is 2.44. The number of aryl methyl sites for hydroxylation is 2. The van der Waals surface area contributed by atoms with Crippen LogP contribution in [0.5, 0.6) is 5.75 Å². The molecule has 0 atom stereocenters. The van der Waals surface area contributed by atoms with Crippen molar-refractivity contribution >= 4 is 6.08 Å². The van der Waals surface area contributed by atoms with Gasteiger partial charge in [0.2, 0.25) is 6.08 Å². The fourth-order valence-corrected chi connectivity index (χ4v) is 1.43. The third-order valence-corrected chi connectivity index (χ3v) is 2.44. The van der Waals surface area contributed by atoms with Gasteiger partial charge in [0.05, 0.1) is 6.54 Å². The molecule has 0 saturated carbocycles. The maximum Gasteiger partial charge on any atom is 0.235 e. The summed E-state index contributed by atoms with van der Waals surface area (Å²) in [7, 11) is 0. The van der Waals surface area contributed by atoms with Gasteiger partial charge >= 0.3 is 0 Å². The summed E-state index contributed by atoms with van der Waals surface area (Å²) in [5, 5.41) is 9.80. The van der Waals surface area contributed by atoms with Crippen molar-refractivity contribution in [2.45, 2.75) is 27.3 Å². The standard InChI is InChI=1S/C11H13NO2/c1-7-4-8(2)10(5-12-6-13)11(14)9(7)3/h4,14H,5H2,1-3H3. The van der Waals surface area contributed by atoms with E-state index < -0.39 is 0 Å². The fourth-order valence-electron chi connectivity index (χ4n) is 1.43. The van der Waals surface area contributed by atoms with Crippen LogP contribution in [0, 0.1) is 20.8 Å². The van der Waals surface area contributed by atoms with E-state index in [4.69, 9.17) is 0 Å². The van der Waals surface area contributed by atoms with Gasteiger partial charge in [-0.3, -0.25) is 0 Å². The van der Waals surface area contributed by atoms with Gasteiger partial charge in [0.25, 0.3) is 0 Å². The number of phenolic OH excluding ortho intramolecular Hbond substituents is 1. The summed E-state index contributed by atoms with van der Waals surface area (Å²) < 4.78 is 0. The number of isocyanates is 1. The summed E-state index contributed by atoms with van der Waals surface area (Å²) in [5.41, 5.74) is 3.53. The highest BCUT2D eigenvalue weighted by molar-refractivity contribution is 5.49. The van der Waals surface area contributed by atoms with Gasteiger partial charge in [0.15, 0.2) is 0 Å². The highest BCUT2D eigenvalue weighted by Crippen LogP contribution is 2.28. The number of rotatable bonds is 2. The largest absolute Gasteiger partial charge is 0.507 e. The molecule has 0 bridgehead atoms. The topological polar surface area (TPSA) is 49.7 Å². The first-order chi connectivity index (χ1) is 6.57. The molecule has 14 heavy (non-hydrogen) atoms. The molecule has 74 valence electrons. The predicted octanol–water partition coefficient (Wildman–Crippen LogP) is 2.15. The molecular formula is C11H13NO2. The minimum Gasteiger partial charge on any atom is -0.507 e. The van der Waals surface area contributed by atoms with Crippen molar-refractivity contribution in [3.05, 3.63) is 28.3 Å². The van der Waals surface area contributed by atoms with E-state index in [1.165, 1.54) is 6.08 Å². The number of nitrogens with zero attached hydrogens (tertiary/aromatic N) is 1. The van der Waals surface area contributed by atoms with Crippen molar-refractivity contribution in [2.75, 3.05) is 0 Å². The van der Waals surface area contributed by atoms with Crippen LogP contribution in [0.15, 0.2) is 11.1 Å². The number of aliphatic imine (C=N–C) groups is 1. The zero-order chi connectivity index (χ0) is 10.7. The molecule has 1 N–H and O–H groups in total. The molecular weight excluding hydrogens is 178 g/mol. The minimum atomic E-state index is 0.197. The van der Waals surface area contributed by atoms with Gasteiger partial charge in [-0.05, 0) is 37.5 Å². The van der Waals surface area contributed by atoms with Gasteiger partial charge in [-0.15, -0.1) is 0 Å². The second kappa shape index (κ2) is 4.07. The van der Waals surface area contributed by atoms with Crippen LogP contribution in [0.1, 0.15) is 22.3 Å². The normalized spacial score (nSPS) is 9.64. The Morgan fingerprint density at radius 1 is 1.36 bits per heavy atom. The Labute approximate surface area is 83.1 Å². The van der Waals surface area contributed by atoms with E-state index >= 15 is 0 Å². The van der Waals surface area contributed by atoms with Crippen LogP contribution in [0.3, 0.4) is 0 Å². The monoisotopic (exact) mass is 191 g/mol. The second-order valence-corrected chi connectivity index (χ2v) is 3.37. The van der Waals surface area contributed by atoms with Crippen LogP contribution in [0.25, 0.3) is 0 Å². The second-order valence-electron chi connectivity index (χ2n) is 3.37. The molecule has 0 aromatic heterocycles. The summed E-state index contributed by atoms with van der Waals surface area (Å²) in [6.07, 6.45) is 1.47. The first kappa shape index (κ1) is 10.5. The summed E-state index contributed by atoms with van der Waals surface area (Å²) in [6.45, 7) is 5.87. The maximum absolute atomic E-state index is 9.98. The molecule has 0 aliphatic heterocycles. The average Bonchev–Trinajstić information content (AvgIpc) is 2.14. The molecule has 0 amide bonds. The minimum absolute atomic E-state index is 0.197. The van der Waals surface area contributed by atoms with Crippen LogP contribution in [0.4, 0.5) is 0 Å². The van der Waals surface area contributed by atoms with E-state index in [1.54, 1.807) is 0 Å². The molecule has 0 aliphatic rings. The Hall–Kier alpha value is -1.60. The number of carbonyl (C=O) groups excluding carboxylic acids is 1. The lowest BCUT2D eigenvalue weighted by Gasteiger charge is -2.10. The van der Waals surface area contributed by atoms with Gasteiger partial charge in [-0.2, -0.15) is 0 Å². The molecule has 0 spiro atoms. The zero-order valence-electron chi connectivity index (χ0n) is 8.59. The third kappa shape index (κ3) is 1.83. The van der Waals surface area contributed by atoms with E-state index in [-0.39, 0.29) is 12.3 Å². The van der Waals surface area contributed by atoms with Crippen molar-refractivity contribution in [3.8, 4) is 5.75 Å². The summed E-state index contributed by atoms with van der Waals surface area (Å²) >= 11 is 0. The number of aromatic hydroxyl groups is 1. The van der Waals surface area contributed by atoms with Crippen LogP contribution in [-0.2, 0) is 11.3 Å². The summed E-state index contributed by atoms with van der Waals surface area (Å²) in [6, 6.07) is 1.98. The molecule has 1 aromatic rings. The lowest BCUT2D eigenvalue weighted by molar-refractivity contribution is 0.463. The van der Waals surface area contributed by atoms with E-state index in [9.17, 15) is 9.90 Å². The van der Waals surface area contributed by atoms with E-state index in [1.807, 2.05) is 26.8 Å². The van der Waals surface area contributed by atoms with Crippen LogP contribution < -0.4 is 0 Å². The molecule has 1 aromatic carbocycles. The Bertz CT molecular complexity index is 404. The molecule has 1 rings (SSSR count). The van der Waals surface area contributed by atoms with Crippen molar-refractivity contribution in [1.29, 1.82) is 0 Å². The predicted molar refractivity (Wildman–Crippen MR) is 54.1 cm³/mol. The molecule has 0 unspecified atom stereocenters. The van der Waals surface area contributed by atoms with Gasteiger partial charge in [0, 0.05) is 5.56 Å². The van der Waals surface area contributed by atoms with Crippen LogP contribution in [-0.4, -0.2) is 11.2 Å². The Balaban J connectivity index is 3.28. The highest BCUT2D eigenvalue weighted by Gasteiger charge is 2.09. The summed E-state index contributed by atoms with van der Waals surface area (Å²) in [5.74, 6) is 0.238. The molecule has 0 radical (unpaired) electrons. The Morgan fingerprint density at radius 3 is 2.57 bits per heavy atom. The first-order valence-electron chi connectivity index (χ1n) is 4.40. The Kier molecular flexibility index (Phi) is 3.05. The van der Waals surface area contributed by atoms with Crippen molar-refractivity contribution < 1.29 is 9.90 Å². The average molecular weight is 191 g/mol. The highest BCUT2D eigenvalue weighted by atomic mass is 16.3. The number of hydrogen-bond acceptors (Lipinski definition) is 3.